The highest BCUT2D eigenvalue weighted by Crippen LogP contribution is 1.97. The number of carbonyl (C=O) groups is 1. The number of rotatable bonds is 6. The fourth-order valence-corrected chi connectivity index (χ4v) is 1.16. The lowest BCUT2D eigenvalue weighted by Crippen LogP contribution is -2.29. The third-order valence-corrected chi connectivity index (χ3v) is 1.96. The summed E-state index contributed by atoms with van der Waals surface area (Å²) in [6.45, 7) is 6.08. The van der Waals surface area contributed by atoms with Gasteiger partial charge in [-0.15, -0.1) is 0 Å². The Morgan fingerprint density at radius 1 is 1.33 bits per heavy atom. The maximum Gasteiger partial charge on any atom is 0.219 e. The van der Waals surface area contributed by atoms with E-state index in [4.69, 9.17) is 5.73 Å². The van der Waals surface area contributed by atoms with Crippen LogP contribution in [0.15, 0.2) is 0 Å². The largest absolute Gasteiger partial charge is 0.343 e. The molecule has 0 unspecified atom stereocenters. The second-order valence-electron chi connectivity index (χ2n) is 2.95. The molecule has 0 saturated heterocycles. The molecule has 0 aliphatic carbocycles. The second-order valence-corrected chi connectivity index (χ2v) is 2.95. The van der Waals surface area contributed by atoms with Gasteiger partial charge in [0.2, 0.25) is 5.91 Å². The van der Waals surface area contributed by atoms with Crippen LogP contribution in [-0.2, 0) is 4.79 Å². The minimum atomic E-state index is 0.172. The van der Waals surface area contributed by atoms with Crippen molar-refractivity contribution >= 4 is 5.91 Å². The first-order valence-corrected chi connectivity index (χ1v) is 4.68. The van der Waals surface area contributed by atoms with E-state index in [0.29, 0.717) is 0 Å². The maximum absolute atomic E-state index is 10.9. The molecule has 0 aromatic heterocycles. The van der Waals surface area contributed by atoms with Crippen molar-refractivity contribution < 1.29 is 4.79 Å². The van der Waals surface area contributed by atoms with E-state index < -0.39 is 0 Å². The van der Waals surface area contributed by atoms with Gasteiger partial charge in [-0.25, -0.2) is 0 Å². The molecule has 0 aliphatic heterocycles. The third-order valence-electron chi connectivity index (χ3n) is 1.96. The van der Waals surface area contributed by atoms with Crippen molar-refractivity contribution in [2.24, 2.45) is 5.73 Å². The molecular weight excluding hydrogens is 152 g/mol. The number of hydrogen-bond acceptors (Lipinski definition) is 2. The van der Waals surface area contributed by atoms with Gasteiger partial charge in [0.25, 0.3) is 0 Å². The number of carbonyl (C=O) groups excluding carboxylic acids is 1. The Morgan fingerprint density at radius 3 is 2.42 bits per heavy atom. The van der Waals surface area contributed by atoms with Crippen molar-refractivity contribution in [3.05, 3.63) is 0 Å². The Hall–Kier alpha value is -0.570. The molecule has 0 fully saturated rings. The predicted octanol–water partition coefficient (Wildman–Crippen LogP) is 0.984. The summed E-state index contributed by atoms with van der Waals surface area (Å²) >= 11 is 0. The molecule has 0 radical (unpaired) electrons. The normalized spacial score (nSPS) is 9.92. The van der Waals surface area contributed by atoms with E-state index in [1.54, 1.807) is 6.92 Å². The molecule has 0 spiro atoms. The van der Waals surface area contributed by atoms with Gasteiger partial charge in [-0.2, -0.15) is 0 Å². The van der Waals surface area contributed by atoms with Crippen molar-refractivity contribution in [1.29, 1.82) is 0 Å². The van der Waals surface area contributed by atoms with Crippen LogP contribution in [-0.4, -0.2) is 30.4 Å². The average Bonchev–Trinajstić information content (AvgIpc) is 2.04. The van der Waals surface area contributed by atoms with Gasteiger partial charge in [0.15, 0.2) is 0 Å². The van der Waals surface area contributed by atoms with E-state index >= 15 is 0 Å². The van der Waals surface area contributed by atoms with E-state index in [9.17, 15) is 4.79 Å². The Labute approximate surface area is 74.9 Å². The summed E-state index contributed by atoms with van der Waals surface area (Å²) in [6, 6.07) is 0. The van der Waals surface area contributed by atoms with Gasteiger partial charge in [-0.3, -0.25) is 4.79 Å². The summed E-state index contributed by atoms with van der Waals surface area (Å²) in [7, 11) is 0. The number of amides is 1. The highest BCUT2D eigenvalue weighted by Gasteiger charge is 2.03. The summed E-state index contributed by atoms with van der Waals surface area (Å²) in [5.74, 6) is 0.172. The average molecular weight is 172 g/mol. The first-order valence-electron chi connectivity index (χ1n) is 4.68. The van der Waals surface area contributed by atoms with E-state index in [0.717, 1.165) is 38.9 Å². The van der Waals surface area contributed by atoms with Gasteiger partial charge in [-0.1, -0.05) is 6.42 Å². The molecule has 0 rings (SSSR count). The monoisotopic (exact) mass is 172 g/mol. The van der Waals surface area contributed by atoms with Crippen LogP contribution in [0.5, 0.6) is 0 Å². The van der Waals surface area contributed by atoms with Crippen LogP contribution in [0.25, 0.3) is 0 Å². The third kappa shape index (κ3) is 5.13. The van der Waals surface area contributed by atoms with Gasteiger partial charge in [0, 0.05) is 20.0 Å². The Balaban J connectivity index is 3.38. The highest BCUT2D eigenvalue weighted by atomic mass is 16.2. The second kappa shape index (κ2) is 7.10. The van der Waals surface area contributed by atoms with E-state index in [1.807, 2.05) is 11.8 Å². The zero-order valence-corrected chi connectivity index (χ0v) is 8.18. The van der Waals surface area contributed by atoms with Crippen molar-refractivity contribution in [2.45, 2.75) is 33.1 Å². The van der Waals surface area contributed by atoms with Crippen LogP contribution in [0, 0.1) is 0 Å². The van der Waals surface area contributed by atoms with Gasteiger partial charge >= 0.3 is 0 Å². The summed E-state index contributed by atoms with van der Waals surface area (Å²) < 4.78 is 0. The molecule has 0 aliphatic rings. The first-order chi connectivity index (χ1) is 5.72. The predicted molar refractivity (Wildman–Crippen MR) is 50.8 cm³/mol. The van der Waals surface area contributed by atoms with Gasteiger partial charge < -0.3 is 10.6 Å². The fourth-order valence-electron chi connectivity index (χ4n) is 1.16. The fraction of sp³-hybridized carbons (Fsp3) is 0.889. The zero-order chi connectivity index (χ0) is 9.40. The van der Waals surface area contributed by atoms with Gasteiger partial charge in [0.05, 0.1) is 0 Å². The maximum atomic E-state index is 10.9. The minimum Gasteiger partial charge on any atom is -0.343 e. The van der Waals surface area contributed by atoms with Crippen molar-refractivity contribution in [2.75, 3.05) is 19.6 Å². The quantitative estimate of drug-likeness (QED) is 0.607. The Bertz CT molecular complexity index is 126. The molecule has 0 aromatic rings. The summed E-state index contributed by atoms with van der Waals surface area (Å²) in [5.41, 5.74) is 5.36. The van der Waals surface area contributed by atoms with Crippen LogP contribution < -0.4 is 5.73 Å². The zero-order valence-electron chi connectivity index (χ0n) is 8.18. The molecular formula is C9H20N2O. The molecule has 0 heterocycles. The summed E-state index contributed by atoms with van der Waals surface area (Å²) in [6.07, 6.45) is 3.26. The lowest BCUT2D eigenvalue weighted by molar-refractivity contribution is -0.128. The van der Waals surface area contributed by atoms with Crippen molar-refractivity contribution in [3.8, 4) is 0 Å². The molecule has 12 heavy (non-hydrogen) atoms. The number of hydrogen-bond donors (Lipinski definition) is 1. The summed E-state index contributed by atoms with van der Waals surface area (Å²) in [4.78, 5) is 12.8. The molecule has 3 heteroatoms. The molecule has 0 atom stereocenters. The Morgan fingerprint density at radius 2 is 2.00 bits per heavy atom. The number of unbranched alkanes of at least 4 members (excludes halogenated alkanes) is 2. The van der Waals surface area contributed by atoms with Gasteiger partial charge in [-0.05, 0) is 26.3 Å². The molecule has 2 N–H and O–H groups in total. The lowest BCUT2D eigenvalue weighted by atomic mass is 10.2. The molecule has 0 saturated carbocycles. The standard InChI is InChI=1S/C9H20N2O/c1-3-11(9(2)12)8-6-4-5-7-10/h3-8,10H2,1-2H3. The number of nitrogens with two attached hydrogens (primary N) is 1. The summed E-state index contributed by atoms with van der Waals surface area (Å²) in [5, 5.41) is 0. The lowest BCUT2D eigenvalue weighted by Gasteiger charge is -2.18. The van der Waals surface area contributed by atoms with Crippen LogP contribution in [0.2, 0.25) is 0 Å². The van der Waals surface area contributed by atoms with Crippen LogP contribution >= 0.6 is 0 Å². The molecule has 72 valence electrons. The van der Waals surface area contributed by atoms with Crippen LogP contribution in [0.3, 0.4) is 0 Å². The molecule has 0 bridgehead atoms. The van der Waals surface area contributed by atoms with Crippen LogP contribution in [0.1, 0.15) is 33.1 Å². The van der Waals surface area contributed by atoms with E-state index in [-0.39, 0.29) is 5.91 Å². The molecule has 0 aromatic carbocycles. The van der Waals surface area contributed by atoms with Crippen LogP contribution in [0.4, 0.5) is 0 Å². The SMILES string of the molecule is CCN(CCCCCN)C(C)=O. The van der Waals surface area contributed by atoms with Crippen molar-refractivity contribution in [3.63, 3.8) is 0 Å². The topological polar surface area (TPSA) is 46.3 Å². The highest BCUT2D eigenvalue weighted by molar-refractivity contribution is 5.73. The van der Waals surface area contributed by atoms with E-state index in [1.165, 1.54) is 0 Å². The number of nitrogens with zero attached hydrogens (tertiary/aromatic N) is 1. The smallest absolute Gasteiger partial charge is 0.219 e. The minimum absolute atomic E-state index is 0.172. The van der Waals surface area contributed by atoms with Crippen molar-refractivity contribution in [1.82, 2.24) is 4.90 Å². The first kappa shape index (κ1) is 11.4. The molecule has 3 nitrogen and oxygen atoms in total. The molecule has 1 amide bonds. The van der Waals surface area contributed by atoms with Gasteiger partial charge in [0.1, 0.15) is 0 Å². The Kier molecular flexibility index (Phi) is 6.76. The van der Waals surface area contributed by atoms with E-state index in [2.05, 4.69) is 0 Å².